The molecule has 100 valence electrons. The molecule has 4 heteroatoms. The molecule has 1 aliphatic rings. The second kappa shape index (κ2) is 6.07. The fraction of sp³-hybridized carbons (Fsp3) is 0.571. The summed E-state index contributed by atoms with van der Waals surface area (Å²) in [5.74, 6) is 1.74. The number of likely N-dealkylation sites (N-methyl/N-ethyl adjacent to an activating group) is 1. The Morgan fingerprint density at radius 3 is 2.83 bits per heavy atom. The standard InChI is InChI=1S/C14H22N2O2/c1-16-7-6-15-12(10-16)8-11-4-5-13(17-2)9-14(11)18-3/h4-5,9,12,15H,6-8,10H2,1-3H3. The monoisotopic (exact) mass is 250 g/mol. The van der Waals surface area contributed by atoms with Gasteiger partial charge >= 0.3 is 0 Å². The zero-order chi connectivity index (χ0) is 13.0. The largest absolute Gasteiger partial charge is 0.497 e. The van der Waals surface area contributed by atoms with Gasteiger partial charge in [0.05, 0.1) is 14.2 Å². The summed E-state index contributed by atoms with van der Waals surface area (Å²) in [6.07, 6.45) is 0.984. The number of nitrogens with zero attached hydrogens (tertiary/aromatic N) is 1. The highest BCUT2D eigenvalue weighted by Gasteiger charge is 2.18. The van der Waals surface area contributed by atoms with Crippen molar-refractivity contribution in [2.75, 3.05) is 40.9 Å². The van der Waals surface area contributed by atoms with Gasteiger partial charge in [0.25, 0.3) is 0 Å². The van der Waals surface area contributed by atoms with E-state index in [0.29, 0.717) is 6.04 Å². The number of benzene rings is 1. The molecular weight excluding hydrogens is 228 g/mol. The van der Waals surface area contributed by atoms with E-state index in [2.05, 4.69) is 23.3 Å². The summed E-state index contributed by atoms with van der Waals surface area (Å²) in [5.41, 5.74) is 1.23. The van der Waals surface area contributed by atoms with Crippen molar-refractivity contribution in [3.8, 4) is 11.5 Å². The summed E-state index contributed by atoms with van der Waals surface area (Å²) in [7, 11) is 5.55. The highest BCUT2D eigenvalue weighted by molar-refractivity contribution is 5.41. The average Bonchev–Trinajstić information content (AvgIpc) is 2.39. The van der Waals surface area contributed by atoms with Crippen molar-refractivity contribution in [1.29, 1.82) is 0 Å². The summed E-state index contributed by atoms with van der Waals surface area (Å²) in [4.78, 5) is 2.36. The Balaban J connectivity index is 2.08. The van der Waals surface area contributed by atoms with Gasteiger partial charge < -0.3 is 19.7 Å². The Hall–Kier alpha value is -1.26. The molecule has 1 N–H and O–H groups in total. The van der Waals surface area contributed by atoms with Gasteiger partial charge in [-0.05, 0) is 25.1 Å². The number of nitrogens with one attached hydrogen (secondary N) is 1. The third-order valence-corrected chi connectivity index (χ3v) is 3.42. The molecular formula is C14H22N2O2. The third kappa shape index (κ3) is 3.15. The van der Waals surface area contributed by atoms with Crippen LogP contribution in [0.4, 0.5) is 0 Å². The van der Waals surface area contributed by atoms with Crippen LogP contribution in [0.3, 0.4) is 0 Å². The first-order valence-electron chi connectivity index (χ1n) is 6.35. The SMILES string of the molecule is COc1ccc(CC2CN(C)CCN2)c(OC)c1. The van der Waals surface area contributed by atoms with Crippen LogP contribution in [-0.2, 0) is 6.42 Å². The fourth-order valence-corrected chi connectivity index (χ4v) is 2.41. The Labute approximate surface area is 109 Å². The highest BCUT2D eigenvalue weighted by Crippen LogP contribution is 2.25. The number of piperazine rings is 1. The van der Waals surface area contributed by atoms with Crippen LogP contribution in [0.2, 0.25) is 0 Å². The second-order valence-corrected chi connectivity index (χ2v) is 4.80. The van der Waals surface area contributed by atoms with E-state index in [9.17, 15) is 0 Å². The van der Waals surface area contributed by atoms with Gasteiger partial charge in [0.15, 0.2) is 0 Å². The topological polar surface area (TPSA) is 33.7 Å². The first kappa shape index (κ1) is 13.2. The van der Waals surface area contributed by atoms with Crippen LogP contribution >= 0.6 is 0 Å². The second-order valence-electron chi connectivity index (χ2n) is 4.80. The van der Waals surface area contributed by atoms with E-state index in [1.54, 1.807) is 14.2 Å². The summed E-state index contributed by atoms with van der Waals surface area (Å²) in [6.45, 7) is 3.26. The molecule has 0 bridgehead atoms. The smallest absolute Gasteiger partial charge is 0.125 e. The molecule has 0 aliphatic carbocycles. The van der Waals surface area contributed by atoms with Crippen LogP contribution in [0.1, 0.15) is 5.56 Å². The van der Waals surface area contributed by atoms with Crippen molar-refractivity contribution in [3.63, 3.8) is 0 Å². The van der Waals surface area contributed by atoms with Crippen LogP contribution in [0.5, 0.6) is 11.5 Å². The lowest BCUT2D eigenvalue weighted by Gasteiger charge is -2.31. The minimum absolute atomic E-state index is 0.492. The van der Waals surface area contributed by atoms with Crippen molar-refractivity contribution in [3.05, 3.63) is 23.8 Å². The molecule has 1 aromatic carbocycles. The molecule has 0 spiro atoms. The highest BCUT2D eigenvalue weighted by atomic mass is 16.5. The van der Waals surface area contributed by atoms with Crippen LogP contribution in [0.15, 0.2) is 18.2 Å². The van der Waals surface area contributed by atoms with Crippen LogP contribution in [0, 0.1) is 0 Å². The van der Waals surface area contributed by atoms with E-state index in [-0.39, 0.29) is 0 Å². The average molecular weight is 250 g/mol. The van der Waals surface area contributed by atoms with Gasteiger partial charge in [-0.2, -0.15) is 0 Å². The molecule has 1 heterocycles. The lowest BCUT2D eigenvalue weighted by molar-refractivity contribution is 0.237. The van der Waals surface area contributed by atoms with E-state index in [4.69, 9.17) is 9.47 Å². The van der Waals surface area contributed by atoms with Gasteiger partial charge in [0.1, 0.15) is 11.5 Å². The summed E-state index contributed by atoms with van der Waals surface area (Å²) >= 11 is 0. The van der Waals surface area contributed by atoms with Gasteiger partial charge in [-0.25, -0.2) is 0 Å². The van der Waals surface area contributed by atoms with E-state index in [1.807, 2.05) is 12.1 Å². The first-order chi connectivity index (χ1) is 8.72. The fourth-order valence-electron chi connectivity index (χ4n) is 2.41. The Bertz CT molecular complexity index is 395. The zero-order valence-corrected chi connectivity index (χ0v) is 11.4. The molecule has 0 aromatic heterocycles. The van der Waals surface area contributed by atoms with Crippen LogP contribution in [0.25, 0.3) is 0 Å². The zero-order valence-electron chi connectivity index (χ0n) is 11.4. The summed E-state index contributed by atoms with van der Waals surface area (Å²) in [5, 5.41) is 3.55. The Morgan fingerprint density at radius 1 is 1.33 bits per heavy atom. The van der Waals surface area contributed by atoms with Gasteiger partial charge in [-0.1, -0.05) is 6.07 Å². The molecule has 18 heavy (non-hydrogen) atoms. The van der Waals surface area contributed by atoms with E-state index in [1.165, 1.54) is 5.56 Å². The van der Waals surface area contributed by atoms with E-state index in [0.717, 1.165) is 37.6 Å². The first-order valence-corrected chi connectivity index (χ1v) is 6.35. The maximum absolute atomic E-state index is 5.43. The van der Waals surface area contributed by atoms with Crippen molar-refractivity contribution in [2.45, 2.75) is 12.5 Å². The lowest BCUT2D eigenvalue weighted by atomic mass is 10.0. The summed E-state index contributed by atoms with van der Waals surface area (Å²) in [6, 6.07) is 6.52. The minimum Gasteiger partial charge on any atom is -0.497 e. The third-order valence-electron chi connectivity index (χ3n) is 3.42. The van der Waals surface area contributed by atoms with E-state index >= 15 is 0 Å². The van der Waals surface area contributed by atoms with Crippen LogP contribution < -0.4 is 14.8 Å². The Kier molecular flexibility index (Phi) is 4.44. The molecule has 0 saturated carbocycles. The molecule has 0 radical (unpaired) electrons. The van der Waals surface area contributed by atoms with Crippen LogP contribution in [-0.4, -0.2) is 51.8 Å². The molecule has 1 fully saturated rings. The lowest BCUT2D eigenvalue weighted by Crippen LogP contribution is -2.49. The maximum Gasteiger partial charge on any atom is 0.125 e. The molecule has 1 atom stereocenters. The normalized spacial score (nSPS) is 20.7. The number of hydrogen-bond acceptors (Lipinski definition) is 4. The maximum atomic E-state index is 5.43. The molecule has 4 nitrogen and oxygen atoms in total. The predicted molar refractivity (Wildman–Crippen MR) is 72.5 cm³/mol. The van der Waals surface area contributed by atoms with Gasteiger partial charge in [-0.3, -0.25) is 0 Å². The molecule has 0 amide bonds. The van der Waals surface area contributed by atoms with Crippen molar-refractivity contribution >= 4 is 0 Å². The van der Waals surface area contributed by atoms with Crippen molar-refractivity contribution in [1.82, 2.24) is 10.2 Å². The molecule has 1 aromatic rings. The number of methoxy groups -OCH3 is 2. The van der Waals surface area contributed by atoms with Crippen molar-refractivity contribution < 1.29 is 9.47 Å². The minimum atomic E-state index is 0.492. The molecule has 1 saturated heterocycles. The molecule has 1 unspecified atom stereocenters. The molecule has 1 aliphatic heterocycles. The van der Waals surface area contributed by atoms with E-state index < -0.39 is 0 Å². The van der Waals surface area contributed by atoms with Gasteiger partial charge in [0, 0.05) is 31.7 Å². The quantitative estimate of drug-likeness (QED) is 0.869. The number of hydrogen-bond donors (Lipinski definition) is 1. The number of ether oxygens (including phenoxy) is 2. The number of rotatable bonds is 4. The molecule has 2 rings (SSSR count). The predicted octanol–water partition coefficient (Wildman–Crippen LogP) is 1.15. The Morgan fingerprint density at radius 2 is 2.17 bits per heavy atom. The van der Waals surface area contributed by atoms with Gasteiger partial charge in [0.2, 0.25) is 0 Å². The van der Waals surface area contributed by atoms with Crippen molar-refractivity contribution in [2.24, 2.45) is 0 Å². The summed E-state index contributed by atoms with van der Waals surface area (Å²) < 4.78 is 10.6. The van der Waals surface area contributed by atoms with Gasteiger partial charge in [-0.15, -0.1) is 0 Å².